The summed E-state index contributed by atoms with van der Waals surface area (Å²) < 4.78 is 10.0. The molecule has 0 aromatic heterocycles. The zero-order chi connectivity index (χ0) is 16.1. The number of aliphatic hydroxyl groups excluding tert-OH is 1. The first-order valence-corrected chi connectivity index (χ1v) is 7.38. The molecule has 0 radical (unpaired) electrons. The van der Waals surface area contributed by atoms with Crippen molar-refractivity contribution >= 4 is 5.97 Å². The van der Waals surface area contributed by atoms with Crippen LogP contribution in [0.1, 0.15) is 38.1 Å². The van der Waals surface area contributed by atoms with Crippen LogP contribution in [0.2, 0.25) is 0 Å². The second kappa shape index (κ2) is 12.4. The Labute approximate surface area is 128 Å². The van der Waals surface area contributed by atoms with E-state index in [1.54, 1.807) is 24.3 Å². The van der Waals surface area contributed by atoms with Crippen molar-refractivity contribution < 1.29 is 19.4 Å². The Morgan fingerprint density at radius 3 is 2.00 bits per heavy atom. The summed E-state index contributed by atoms with van der Waals surface area (Å²) in [5.74, 6) is 0.942. The molecule has 0 saturated carbocycles. The van der Waals surface area contributed by atoms with Crippen molar-refractivity contribution in [3.63, 3.8) is 0 Å². The highest BCUT2D eigenvalue weighted by molar-refractivity contribution is 5.89. The number of aliphatic hydroxyl groups is 1. The first kappa shape index (κ1) is 19.6. The Bertz CT molecular complexity index is 352. The summed E-state index contributed by atoms with van der Waals surface area (Å²) in [6.45, 7) is 10.4. The molecule has 0 amide bonds. The van der Waals surface area contributed by atoms with Gasteiger partial charge in [0.05, 0.1) is 12.2 Å². The van der Waals surface area contributed by atoms with Crippen LogP contribution in [0.25, 0.3) is 0 Å². The molecule has 0 aliphatic carbocycles. The van der Waals surface area contributed by atoms with E-state index in [0.717, 1.165) is 13.2 Å². The van der Waals surface area contributed by atoms with Gasteiger partial charge >= 0.3 is 5.97 Å². The van der Waals surface area contributed by atoms with E-state index in [1.165, 1.54) is 0 Å². The normalized spacial score (nSPS) is 10.2. The standard InChI is InChI=1S/C9H10O3.C8H18O/c10-6-7-12-9(11)8-4-2-1-3-5-8;1-7(2)5-9-6-8(3)4/h1-5,10H,6-7H2;7-8H,5-6H2,1-4H3. The average molecular weight is 296 g/mol. The molecule has 1 N–H and O–H groups in total. The molecule has 0 aliphatic rings. The summed E-state index contributed by atoms with van der Waals surface area (Å²) in [6, 6.07) is 8.67. The molecule has 1 aromatic rings. The molecule has 120 valence electrons. The molecule has 1 aromatic carbocycles. The Hall–Kier alpha value is -1.39. The summed E-state index contributed by atoms with van der Waals surface area (Å²) in [5.41, 5.74) is 0.506. The topological polar surface area (TPSA) is 55.8 Å². The van der Waals surface area contributed by atoms with Crippen LogP contribution < -0.4 is 0 Å². The molecule has 0 spiro atoms. The maximum absolute atomic E-state index is 11.1. The number of carbonyl (C=O) groups is 1. The first-order valence-electron chi connectivity index (χ1n) is 7.38. The second-order valence-electron chi connectivity index (χ2n) is 5.55. The van der Waals surface area contributed by atoms with Gasteiger partial charge in [-0.25, -0.2) is 4.79 Å². The Kier molecular flexibility index (Phi) is 11.5. The first-order chi connectivity index (χ1) is 9.97. The van der Waals surface area contributed by atoms with Crippen molar-refractivity contribution in [3.8, 4) is 0 Å². The lowest BCUT2D eigenvalue weighted by atomic mass is 10.2. The Morgan fingerprint density at radius 1 is 1.05 bits per heavy atom. The summed E-state index contributed by atoms with van der Waals surface area (Å²) in [4.78, 5) is 11.1. The number of hydrogen-bond donors (Lipinski definition) is 1. The highest BCUT2D eigenvalue weighted by Gasteiger charge is 2.03. The number of carbonyl (C=O) groups excluding carboxylic acids is 1. The van der Waals surface area contributed by atoms with E-state index in [9.17, 15) is 4.79 Å². The fourth-order valence-electron chi connectivity index (χ4n) is 1.34. The minimum absolute atomic E-state index is 0.0493. The summed E-state index contributed by atoms with van der Waals surface area (Å²) in [6.07, 6.45) is 0. The smallest absolute Gasteiger partial charge is 0.338 e. The van der Waals surface area contributed by atoms with Crippen molar-refractivity contribution in [1.82, 2.24) is 0 Å². The fourth-order valence-corrected chi connectivity index (χ4v) is 1.34. The third-order valence-electron chi connectivity index (χ3n) is 2.24. The van der Waals surface area contributed by atoms with Crippen molar-refractivity contribution in [2.45, 2.75) is 27.7 Å². The van der Waals surface area contributed by atoms with Crippen LogP contribution in [0.5, 0.6) is 0 Å². The minimum Gasteiger partial charge on any atom is -0.460 e. The van der Waals surface area contributed by atoms with Gasteiger partial charge in [0.25, 0.3) is 0 Å². The zero-order valence-corrected chi connectivity index (χ0v) is 13.5. The lowest BCUT2D eigenvalue weighted by Crippen LogP contribution is -2.08. The van der Waals surface area contributed by atoms with E-state index in [0.29, 0.717) is 17.4 Å². The molecule has 0 aliphatic heterocycles. The van der Waals surface area contributed by atoms with Gasteiger partial charge in [-0.05, 0) is 24.0 Å². The molecule has 0 unspecified atom stereocenters. The third kappa shape index (κ3) is 12.1. The van der Waals surface area contributed by atoms with Gasteiger partial charge in [0, 0.05) is 13.2 Å². The van der Waals surface area contributed by atoms with Gasteiger partial charge < -0.3 is 14.6 Å². The molecule has 1 rings (SSSR count). The van der Waals surface area contributed by atoms with Gasteiger partial charge in [0.2, 0.25) is 0 Å². The van der Waals surface area contributed by atoms with Crippen molar-refractivity contribution in [2.24, 2.45) is 11.8 Å². The molecular weight excluding hydrogens is 268 g/mol. The van der Waals surface area contributed by atoms with Gasteiger partial charge in [-0.3, -0.25) is 0 Å². The molecule has 4 heteroatoms. The number of esters is 1. The van der Waals surface area contributed by atoms with E-state index in [1.807, 2.05) is 6.07 Å². The second-order valence-corrected chi connectivity index (χ2v) is 5.55. The van der Waals surface area contributed by atoms with Crippen LogP contribution in [-0.2, 0) is 9.47 Å². The maximum Gasteiger partial charge on any atom is 0.338 e. The molecule has 0 fully saturated rings. The van der Waals surface area contributed by atoms with Gasteiger partial charge in [0.1, 0.15) is 6.61 Å². The SMILES string of the molecule is CC(C)COCC(C)C.O=C(OCCO)c1ccccc1. The van der Waals surface area contributed by atoms with E-state index in [2.05, 4.69) is 32.4 Å². The predicted molar refractivity (Wildman–Crippen MR) is 84.3 cm³/mol. The number of rotatable bonds is 7. The number of hydrogen-bond acceptors (Lipinski definition) is 4. The fraction of sp³-hybridized carbons (Fsp3) is 0.588. The predicted octanol–water partition coefficient (Wildman–Crippen LogP) is 3.15. The molecule has 0 atom stereocenters. The average Bonchev–Trinajstić information content (AvgIpc) is 2.45. The van der Waals surface area contributed by atoms with Crippen LogP contribution in [0.15, 0.2) is 30.3 Å². The van der Waals surface area contributed by atoms with Gasteiger partial charge in [-0.15, -0.1) is 0 Å². The van der Waals surface area contributed by atoms with E-state index in [-0.39, 0.29) is 13.2 Å². The molecule has 4 nitrogen and oxygen atoms in total. The lowest BCUT2D eigenvalue weighted by molar-refractivity contribution is 0.0434. The number of ether oxygens (including phenoxy) is 2. The maximum atomic E-state index is 11.1. The van der Waals surface area contributed by atoms with Crippen LogP contribution >= 0.6 is 0 Å². The lowest BCUT2D eigenvalue weighted by Gasteiger charge is -2.07. The van der Waals surface area contributed by atoms with Crippen LogP contribution in [0, 0.1) is 11.8 Å². The van der Waals surface area contributed by atoms with Gasteiger partial charge in [-0.2, -0.15) is 0 Å². The monoisotopic (exact) mass is 296 g/mol. The summed E-state index contributed by atoms with van der Waals surface area (Å²) >= 11 is 0. The van der Waals surface area contributed by atoms with E-state index >= 15 is 0 Å². The number of benzene rings is 1. The van der Waals surface area contributed by atoms with E-state index in [4.69, 9.17) is 9.84 Å². The van der Waals surface area contributed by atoms with Crippen molar-refractivity contribution in [1.29, 1.82) is 0 Å². The van der Waals surface area contributed by atoms with Crippen molar-refractivity contribution in [3.05, 3.63) is 35.9 Å². The quantitative estimate of drug-likeness (QED) is 0.785. The molecular formula is C17H28O4. The van der Waals surface area contributed by atoms with Crippen LogP contribution in [0.3, 0.4) is 0 Å². The molecule has 0 saturated heterocycles. The molecule has 0 heterocycles. The zero-order valence-electron chi connectivity index (χ0n) is 13.5. The van der Waals surface area contributed by atoms with Gasteiger partial charge in [0.15, 0.2) is 0 Å². The summed E-state index contributed by atoms with van der Waals surface area (Å²) in [5, 5.41) is 8.38. The van der Waals surface area contributed by atoms with Crippen LogP contribution in [0.4, 0.5) is 0 Å². The third-order valence-corrected chi connectivity index (χ3v) is 2.24. The van der Waals surface area contributed by atoms with E-state index < -0.39 is 5.97 Å². The molecule has 21 heavy (non-hydrogen) atoms. The van der Waals surface area contributed by atoms with Gasteiger partial charge in [-0.1, -0.05) is 45.9 Å². The Morgan fingerprint density at radius 2 is 1.57 bits per heavy atom. The molecule has 0 bridgehead atoms. The highest BCUT2D eigenvalue weighted by Crippen LogP contribution is 2.00. The highest BCUT2D eigenvalue weighted by atomic mass is 16.5. The largest absolute Gasteiger partial charge is 0.460 e. The van der Waals surface area contributed by atoms with Crippen LogP contribution in [-0.4, -0.2) is 37.5 Å². The minimum atomic E-state index is -0.398. The summed E-state index contributed by atoms with van der Waals surface area (Å²) in [7, 11) is 0. The Balaban J connectivity index is 0.000000400. The van der Waals surface area contributed by atoms with Crippen molar-refractivity contribution in [2.75, 3.05) is 26.4 Å².